The standard InChI is InChI=1S/C22H17FN2O3S/c1-28-19-9-5-3-7-17(19)22-25(21(27)16-6-2-4-8-18(16)26)24-20(29-22)14-10-12-15(23)13-11-14/h2-13,22,26H,1H3. The first-order valence-corrected chi connectivity index (χ1v) is 9.72. The van der Waals surface area contributed by atoms with Crippen LogP contribution in [0.25, 0.3) is 0 Å². The molecular weight excluding hydrogens is 391 g/mol. The zero-order valence-corrected chi connectivity index (χ0v) is 16.3. The first-order chi connectivity index (χ1) is 14.1. The van der Waals surface area contributed by atoms with Crippen molar-refractivity contribution in [1.29, 1.82) is 0 Å². The number of methoxy groups -OCH3 is 1. The minimum Gasteiger partial charge on any atom is -0.507 e. The van der Waals surface area contributed by atoms with Gasteiger partial charge in [0.1, 0.15) is 27.7 Å². The lowest BCUT2D eigenvalue weighted by atomic mass is 10.1. The Morgan fingerprint density at radius 1 is 1.07 bits per heavy atom. The fourth-order valence-electron chi connectivity index (χ4n) is 3.04. The normalized spacial score (nSPS) is 15.9. The minimum absolute atomic E-state index is 0.119. The minimum atomic E-state index is -0.502. The summed E-state index contributed by atoms with van der Waals surface area (Å²) in [7, 11) is 1.56. The van der Waals surface area contributed by atoms with Crippen LogP contribution < -0.4 is 4.74 Å². The van der Waals surface area contributed by atoms with Crippen LogP contribution in [-0.4, -0.2) is 28.2 Å². The summed E-state index contributed by atoms with van der Waals surface area (Å²) in [6.45, 7) is 0. The highest BCUT2D eigenvalue weighted by atomic mass is 32.2. The van der Waals surface area contributed by atoms with Crippen molar-refractivity contribution in [3.8, 4) is 11.5 Å². The van der Waals surface area contributed by atoms with Gasteiger partial charge >= 0.3 is 0 Å². The Balaban J connectivity index is 1.78. The SMILES string of the molecule is COc1ccccc1C1SC(c2ccc(F)cc2)=NN1C(=O)c1ccccc1O. The number of carbonyl (C=O) groups excluding carboxylic acids is 1. The lowest BCUT2D eigenvalue weighted by molar-refractivity contribution is 0.0745. The van der Waals surface area contributed by atoms with Crippen molar-refractivity contribution in [3.63, 3.8) is 0 Å². The molecule has 1 heterocycles. The van der Waals surface area contributed by atoms with E-state index in [9.17, 15) is 14.3 Å². The Labute approximate surface area is 171 Å². The highest BCUT2D eigenvalue weighted by Gasteiger charge is 2.36. The second-order valence-corrected chi connectivity index (χ2v) is 7.36. The maximum absolute atomic E-state index is 13.3. The molecule has 5 nitrogen and oxygen atoms in total. The molecule has 1 aliphatic heterocycles. The van der Waals surface area contributed by atoms with Gasteiger partial charge in [-0.15, -0.1) is 0 Å². The summed E-state index contributed by atoms with van der Waals surface area (Å²) in [5.74, 6) is -0.285. The maximum atomic E-state index is 13.3. The zero-order chi connectivity index (χ0) is 20.4. The van der Waals surface area contributed by atoms with Gasteiger partial charge in [-0.1, -0.05) is 42.1 Å². The van der Waals surface area contributed by atoms with E-state index in [1.54, 1.807) is 37.4 Å². The van der Waals surface area contributed by atoms with Crippen LogP contribution in [0.4, 0.5) is 4.39 Å². The molecule has 1 N–H and O–H groups in total. The fraction of sp³-hybridized carbons (Fsp3) is 0.0909. The number of para-hydroxylation sites is 2. The summed E-state index contributed by atoms with van der Waals surface area (Å²) >= 11 is 1.36. The first kappa shape index (κ1) is 19.0. The number of hydrogen-bond acceptors (Lipinski definition) is 5. The van der Waals surface area contributed by atoms with Gasteiger partial charge in [-0.25, -0.2) is 9.40 Å². The van der Waals surface area contributed by atoms with Crippen molar-refractivity contribution >= 4 is 22.7 Å². The molecule has 0 saturated carbocycles. The number of thioether (sulfide) groups is 1. The van der Waals surface area contributed by atoms with Crippen molar-refractivity contribution in [2.24, 2.45) is 5.10 Å². The molecule has 0 saturated heterocycles. The van der Waals surface area contributed by atoms with Gasteiger partial charge in [0.05, 0.1) is 12.7 Å². The average molecular weight is 408 g/mol. The van der Waals surface area contributed by atoms with E-state index >= 15 is 0 Å². The van der Waals surface area contributed by atoms with E-state index < -0.39 is 11.3 Å². The molecule has 0 bridgehead atoms. The number of hydrazone groups is 1. The summed E-state index contributed by atoms with van der Waals surface area (Å²) < 4.78 is 18.8. The molecule has 7 heteroatoms. The fourth-order valence-corrected chi connectivity index (χ4v) is 4.23. The van der Waals surface area contributed by atoms with E-state index in [1.165, 1.54) is 35.0 Å². The molecule has 0 spiro atoms. The van der Waals surface area contributed by atoms with E-state index in [0.29, 0.717) is 16.4 Å². The van der Waals surface area contributed by atoms with Gasteiger partial charge < -0.3 is 9.84 Å². The Kier molecular flexibility index (Phi) is 5.22. The Hall–Kier alpha value is -3.32. The second-order valence-electron chi connectivity index (χ2n) is 6.29. The number of nitrogens with zero attached hydrogens (tertiary/aromatic N) is 2. The molecule has 0 aliphatic carbocycles. The summed E-state index contributed by atoms with van der Waals surface area (Å²) in [4.78, 5) is 13.2. The van der Waals surface area contributed by atoms with Crippen LogP contribution in [0.1, 0.15) is 26.9 Å². The van der Waals surface area contributed by atoms with E-state index in [4.69, 9.17) is 4.74 Å². The number of amides is 1. The third-order valence-electron chi connectivity index (χ3n) is 4.48. The molecule has 0 aromatic heterocycles. The highest BCUT2D eigenvalue weighted by Crippen LogP contribution is 2.45. The van der Waals surface area contributed by atoms with E-state index in [0.717, 1.165) is 5.56 Å². The summed E-state index contributed by atoms with van der Waals surface area (Å²) in [6, 6.07) is 19.7. The molecule has 29 heavy (non-hydrogen) atoms. The smallest absolute Gasteiger partial charge is 0.279 e. The number of ether oxygens (including phenoxy) is 1. The molecule has 3 aromatic carbocycles. The lowest BCUT2D eigenvalue weighted by Gasteiger charge is -2.23. The predicted octanol–water partition coefficient (Wildman–Crippen LogP) is 4.79. The van der Waals surface area contributed by atoms with E-state index in [1.807, 2.05) is 24.3 Å². The predicted molar refractivity (Wildman–Crippen MR) is 111 cm³/mol. The van der Waals surface area contributed by atoms with Crippen LogP contribution in [0.15, 0.2) is 77.9 Å². The van der Waals surface area contributed by atoms with Gasteiger partial charge in [-0.05, 0) is 42.5 Å². The van der Waals surface area contributed by atoms with Crippen molar-refractivity contribution in [2.45, 2.75) is 5.37 Å². The molecule has 0 radical (unpaired) electrons. The van der Waals surface area contributed by atoms with Gasteiger partial charge in [0.25, 0.3) is 5.91 Å². The average Bonchev–Trinajstić information content (AvgIpc) is 3.19. The summed E-state index contributed by atoms with van der Waals surface area (Å²) in [5, 5.41) is 16.1. The van der Waals surface area contributed by atoms with E-state index in [-0.39, 0.29) is 17.1 Å². The molecule has 0 fully saturated rings. The Morgan fingerprint density at radius 3 is 2.48 bits per heavy atom. The van der Waals surface area contributed by atoms with Gasteiger partial charge in [-0.2, -0.15) is 5.10 Å². The first-order valence-electron chi connectivity index (χ1n) is 8.84. The van der Waals surface area contributed by atoms with E-state index in [2.05, 4.69) is 5.10 Å². The molecular formula is C22H17FN2O3S. The molecule has 4 rings (SSSR count). The van der Waals surface area contributed by atoms with Crippen LogP contribution in [0, 0.1) is 5.82 Å². The second kappa shape index (κ2) is 7.97. The number of aromatic hydroxyl groups is 1. The number of carbonyl (C=O) groups is 1. The topological polar surface area (TPSA) is 62.1 Å². The molecule has 1 unspecified atom stereocenters. The van der Waals surface area contributed by atoms with Crippen molar-refractivity contribution in [1.82, 2.24) is 5.01 Å². The number of rotatable bonds is 4. The molecule has 1 amide bonds. The number of hydrogen-bond donors (Lipinski definition) is 1. The van der Waals surface area contributed by atoms with Gasteiger partial charge in [0, 0.05) is 11.1 Å². The summed E-state index contributed by atoms with van der Waals surface area (Å²) in [5.41, 5.74) is 1.62. The molecule has 1 atom stereocenters. The molecule has 146 valence electrons. The van der Waals surface area contributed by atoms with Crippen molar-refractivity contribution in [2.75, 3.05) is 7.11 Å². The molecule has 3 aromatic rings. The number of phenols is 1. The molecule has 1 aliphatic rings. The lowest BCUT2D eigenvalue weighted by Crippen LogP contribution is -2.26. The van der Waals surface area contributed by atoms with Crippen LogP contribution >= 0.6 is 11.8 Å². The monoisotopic (exact) mass is 408 g/mol. The third kappa shape index (κ3) is 3.69. The van der Waals surface area contributed by atoms with Crippen LogP contribution in [0.2, 0.25) is 0 Å². The highest BCUT2D eigenvalue weighted by molar-refractivity contribution is 8.14. The quantitative estimate of drug-likeness (QED) is 0.674. The van der Waals surface area contributed by atoms with Crippen molar-refractivity contribution in [3.05, 3.63) is 95.3 Å². The van der Waals surface area contributed by atoms with Crippen LogP contribution in [0.3, 0.4) is 0 Å². The van der Waals surface area contributed by atoms with Gasteiger partial charge in [0.2, 0.25) is 0 Å². The zero-order valence-electron chi connectivity index (χ0n) is 15.4. The Bertz CT molecular complexity index is 1090. The Morgan fingerprint density at radius 2 is 1.76 bits per heavy atom. The van der Waals surface area contributed by atoms with Gasteiger partial charge in [0.15, 0.2) is 0 Å². The largest absolute Gasteiger partial charge is 0.507 e. The van der Waals surface area contributed by atoms with Gasteiger partial charge in [-0.3, -0.25) is 4.79 Å². The number of benzene rings is 3. The van der Waals surface area contributed by atoms with Crippen LogP contribution in [-0.2, 0) is 0 Å². The summed E-state index contributed by atoms with van der Waals surface area (Å²) in [6.07, 6.45) is 0. The maximum Gasteiger partial charge on any atom is 0.279 e. The number of phenolic OH excluding ortho intramolecular Hbond substituents is 1. The third-order valence-corrected chi connectivity index (χ3v) is 5.70. The number of halogens is 1. The van der Waals surface area contributed by atoms with Crippen LogP contribution in [0.5, 0.6) is 11.5 Å². The van der Waals surface area contributed by atoms with Crippen molar-refractivity contribution < 1.29 is 19.0 Å².